The van der Waals surface area contributed by atoms with Crippen LogP contribution in [-0.2, 0) is 7.05 Å². The van der Waals surface area contributed by atoms with Crippen molar-refractivity contribution < 1.29 is 14.4 Å². The van der Waals surface area contributed by atoms with Crippen LogP contribution in [-0.4, -0.2) is 53.8 Å². The molecular formula is C23H28N5O3+. The van der Waals surface area contributed by atoms with Gasteiger partial charge in [0.2, 0.25) is 0 Å². The molecule has 1 atom stereocenters. The Bertz CT molecular complexity index is 1150. The fourth-order valence-electron chi connectivity index (χ4n) is 4.14. The van der Waals surface area contributed by atoms with E-state index in [-0.39, 0.29) is 17.6 Å². The summed E-state index contributed by atoms with van der Waals surface area (Å²) in [6.07, 6.45) is 0. The average Bonchev–Trinajstić information content (AvgIpc) is 2.81. The molecule has 1 saturated heterocycles. The maximum Gasteiger partial charge on any atom is 0.322 e. The fraction of sp³-hybridized carbons (Fsp3) is 0.348. The summed E-state index contributed by atoms with van der Waals surface area (Å²) in [5, 5.41) is 3.57. The van der Waals surface area contributed by atoms with Gasteiger partial charge in [0.25, 0.3) is 5.56 Å². The van der Waals surface area contributed by atoms with Gasteiger partial charge in [-0.25, -0.2) is 9.78 Å². The number of carbonyl (C=O) groups is 1. The van der Waals surface area contributed by atoms with E-state index in [2.05, 4.69) is 12.2 Å². The number of hydrogen-bond acceptors (Lipinski definition) is 4. The third kappa shape index (κ3) is 4.25. The number of nitrogens with zero attached hydrogens (tertiary/aromatic N) is 3. The van der Waals surface area contributed by atoms with E-state index >= 15 is 0 Å². The molecule has 0 aliphatic carbocycles. The molecule has 1 aromatic heterocycles. The first kappa shape index (κ1) is 20.9. The zero-order chi connectivity index (χ0) is 22.0. The van der Waals surface area contributed by atoms with Crippen LogP contribution >= 0.6 is 0 Å². The van der Waals surface area contributed by atoms with Crippen molar-refractivity contribution in [2.45, 2.75) is 13.0 Å². The second-order valence-corrected chi connectivity index (χ2v) is 7.88. The van der Waals surface area contributed by atoms with Crippen molar-refractivity contribution in [2.24, 2.45) is 7.05 Å². The topological polar surface area (TPSA) is 80.9 Å². The van der Waals surface area contributed by atoms with Crippen LogP contribution in [0.5, 0.6) is 5.75 Å². The number of aromatic nitrogens is 2. The van der Waals surface area contributed by atoms with E-state index < -0.39 is 0 Å². The largest absolute Gasteiger partial charge is 0.497 e. The number of fused-ring (bicyclic) bond motifs is 1. The summed E-state index contributed by atoms with van der Waals surface area (Å²) >= 11 is 0. The molecule has 1 aliphatic heterocycles. The van der Waals surface area contributed by atoms with Crippen LogP contribution in [0.15, 0.2) is 53.3 Å². The lowest BCUT2D eigenvalue weighted by atomic mass is 10.2. The minimum absolute atomic E-state index is 0.0249. The van der Waals surface area contributed by atoms with Crippen LogP contribution in [0.1, 0.15) is 18.8 Å². The SMILES string of the molecule is COc1cccc(NC(=O)N2CC[NH+]([C@H](C)c3nc4ccccc4c(=O)n3C)CC2)c1. The number of para-hydroxylation sites is 1. The highest BCUT2D eigenvalue weighted by Crippen LogP contribution is 2.17. The second-order valence-electron chi connectivity index (χ2n) is 7.88. The monoisotopic (exact) mass is 422 g/mol. The number of ether oxygens (including phenoxy) is 1. The van der Waals surface area contributed by atoms with Crippen LogP contribution < -0.4 is 20.5 Å². The molecule has 0 bridgehead atoms. The lowest BCUT2D eigenvalue weighted by Gasteiger charge is -2.35. The van der Waals surface area contributed by atoms with Gasteiger partial charge in [-0.1, -0.05) is 18.2 Å². The Morgan fingerprint density at radius 1 is 1.16 bits per heavy atom. The van der Waals surface area contributed by atoms with Crippen molar-refractivity contribution in [3.8, 4) is 5.75 Å². The number of piperazine rings is 1. The lowest BCUT2D eigenvalue weighted by molar-refractivity contribution is -0.934. The summed E-state index contributed by atoms with van der Waals surface area (Å²) in [4.78, 5) is 33.3. The second kappa shape index (κ2) is 8.77. The van der Waals surface area contributed by atoms with Gasteiger partial charge in [0.15, 0.2) is 5.82 Å². The van der Waals surface area contributed by atoms with Crippen LogP contribution in [0.2, 0.25) is 0 Å². The highest BCUT2D eigenvalue weighted by molar-refractivity contribution is 5.89. The molecule has 0 spiro atoms. The maximum absolute atomic E-state index is 12.7. The molecule has 0 unspecified atom stereocenters. The summed E-state index contributed by atoms with van der Waals surface area (Å²) in [6, 6.07) is 14.7. The van der Waals surface area contributed by atoms with E-state index in [1.165, 1.54) is 4.90 Å². The Hall–Kier alpha value is -3.39. The minimum Gasteiger partial charge on any atom is -0.497 e. The molecule has 2 aromatic carbocycles. The van der Waals surface area contributed by atoms with Crippen molar-refractivity contribution in [1.29, 1.82) is 0 Å². The average molecular weight is 423 g/mol. The zero-order valence-corrected chi connectivity index (χ0v) is 18.1. The first-order valence-electron chi connectivity index (χ1n) is 10.5. The molecule has 2 N–H and O–H groups in total. The van der Waals surface area contributed by atoms with E-state index in [0.717, 1.165) is 24.4 Å². The van der Waals surface area contributed by atoms with Gasteiger partial charge in [-0.2, -0.15) is 0 Å². The molecule has 2 heterocycles. The summed E-state index contributed by atoms with van der Waals surface area (Å²) in [7, 11) is 3.38. The molecular weight excluding hydrogens is 394 g/mol. The molecule has 162 valence electrons. The molecule has 3 aromatic rings. The molecule has 0 radical (unpaired) electrons. The smallest absolute Gasteiger partial charge is 0.322 e. The predicted octanol–water partition coefficient (Wildman–Crippen LogP) is 1.44. The van der Waals surface area contributed by atoms with E-state index in [1.807, 2.05) is 47.4 Å². The third-order valence-corrected chi connectivity index (χ3v) is 6.03. The molecule has 1 fully saturated rings. The normalized spacial score (nSPS) is 15.6. The highest BCUT2D eigenvalue weighted by Gasteiger charge is 2.30. The van der Waals surface area contributed by atoms with E-state index in [1.54, 1.807) is 24.8 Å². The van der Waals surface area contributed by atoms with Gasteiger partial charge in [0.1, 0.15) is 11.8 Å². The number of benzene rings is 2. The molecule has 1 aliphatic rings. The van der Waals surface area contributed by atoms with Crippen LogP contribution in [0, 0.1) is 0 Å². The molecule has 8 heteroatoms. The number of nitrogens with one attached hydrogen (secondary N) is 2. The Kier molecular flexibility index (Phi) is 5.90. The lowest BCUT2D eigenvalue weighted by Crippen LogP contribution is -3.15. The number of quaternary nitrogens is 1. The minimum atomic E-state index is -0.115. The Morgan fingerprint density at radius 3 is 2.65 bits per heavy atom. The standard InChI is InChI=1S/C23H27N5O3/c1-16(21-25-20-10-5-4-9-19(20)22(29)26(21)2)27-11-13-28(14-12-27)23(30)24-17-7-6-8-18(15-17)31-3/h4-10,15-16H,11-14H2,1-3H3,(H,24,30)/p+1/t16-/m1/s1. The van der Waals surface area contributed by atoms with Crippen molar-refractivity contribution in [3.63, 3.8) is 0 Å². The highest BCUT2D eigenvalue weighted by atomic mass is 16.5. The number of rotatable bonds is 4. The van der Waals surface area contributed by atoms with Crippen LogP contribution in [0.25, 0.3) is 10.9 Å². The summed E-state index contributed by atoms with van der Waals surface area (Å²) in [5.41, 5.74) is 1.41. The van der Waals surface area contributed by atoms with Gasteiger partial charge in [-0.05, 0) is 31.2 Å². The van der Waals surface area contributed by atoms with Crippen LogP contribution in [0.3, 0.4) is 0 Å². The quantitative estimate of drug-likeness (QED) is 0.667. The first-order valence-corrected chi connectivity index (χ1v) is 10.5. The summed E-state index contributed by atoms with van der Waals surface area (Å²) in [5.74, 6) is 1.47. The molecule has 4 rings (SSSR count). The number of hydrogen-bond donors (Lipinski definition) is 2. The summed E-state index contributed by atoms with van der Waals surface area (Å²) in [6.45, 7) is 4.94. The van der Waals surface area contributed by atoms with Gasteiger partial charge in [0, 0.05) is 18.8 Å². The van der Waals surface area contributed by atoms with E-state index in [0.29, 0.717) is 29.9 Å². The van der Waals surface area contributed by atoms with E-state index in [4.69, 9.17) is 9.72 Å². The molecule has 2 amide bonds. The molecule has 0 saturated carbocycles. The number of amides is 2. The van der Waals surface area contributed by atoms with Crippen molar-refractivity contribution in [3.05, 3.63) is 64.7 Å². The summed E-state index contributed by atoms with van der Waals surface area (Å²) < 4.78 is 6.87. The van der Waals surface area contributed by atoms with Gasteiger partial charge in [-0.3, -0.25) is 9.36 Å². The van der Waals surface area contributed by atoms with E-state index in [9.17, 15) is 9.59 Å². The maximum atomic E-state index is 12.7. The molecule has 31 heavy (non-hydrogen) atoms. The molecule has 8 nitrogen and oxygen atoms in total. The number of urea groups is 1. The van der Waals surface area contributed by atoms with Crippen molar-refractivity contribution in [2.75, 3.05) is 38.6 Å². The Labute approximate surface area is 181 Å². The van der Waals surface area contributed by atoms with Crippen molar-refractivity contribution in [1.82, 2.24) is 14.5 Å². The van der Waals surface area contributed by atoms with Gasteiger partial charge >= 0.3 is 6.03 Å². The van der Waals surface area contributed by atoms with Crippen LogP contribution in [0.4, 0.5) is 10.5 Å². The van der Waals surface area contributed by atoms with Gasteiger partial charge in [0.05, 0.1) is 44.2 Å². The van der Waals surface area contributed by atoms with Gasteiger partial charge < -0.3 is 19.9 Å². The number of carbonyl (C=O) groups excluding carboxylic acids is 1. The number of anilines is 1. The zero-order valence-electron chi connectivity index (χ0n) is 18.1. The first-order chi connectivity index (χ1) is 15.0. The fourth-order valence-corrected chi connectivity index (χ4v) is 4.14. The Morgan fingerprint density at radius 2 is 1.90 bits per heavy atom. The number of methoxy groups -OCH3 is 1. The third-order valence-electron chi connectivity index (χ3n) is 6.03. The predicted molar refractivity (Wildman–Crippen MR) is 120 cm³/mol. The Balaban J connectivity index is 1.42. The van der Waals surface area contributed by atoms with Crippen molar-refractivity contribution >= 4 is 22.6 Å². The van der Waals surface area contributed by atoms with Gasteiger partial charge in [-0.15, -0.1) is 0 Å².